The van der Waals surface area contributed by atoms with Crippen LogP contribution < -0.4 is 0 Å². The summed E-state index contributed by atoms with van der Waals surface area (Å²) >= 11 is 0. The Kier molecular flexibility index (Phi) is 7.83. The Hall–Kier alpha value is -0.160. The van der Waals surface area contributed by atoms with Gasteiger partial charge in [0.05, 0.1) is 13.2 Å². The van der Waals surface area contributed by atoms with Crippen molar-refractivity contribution in [3.63, 3.8) is 0 Å². The molecule has 0 radical (unpaired) electrons. The molecule has 1 aliphatic rings. The second-order valence-corrected chi connectivity index (χ2v) is 1.97. The van der Waals surface area contributed by atoms with Gasteiger partial charge in [-0.1, -0.05) is 0 Å². The van der Waals surface area contributed by atoms with Gasteiger partial charge in [0.1, 0.15) is 6.79 Å². The van der Waals surface area contributed by atoms with E-state index in [1.54, 1.807) is 14.2 Å². The van der Waals surface area contributed by atoms with Gasteiger partial charge in [-0.25, -0.2) is 0 Å². The van der Waals surface area contributed by atoms with Crippen LogP contribution in [0.2, 0.25) is 0 Å². The van der Waals surface area contributed by atoms with E-state index < -0.39 is 0 Å². The van der Waals surface area contributed by atoms with Gasteiger partial charge in [-0.3, -0.25) is 0 Å². The first kappa shape index (κ1) is 10.8. The van der Waals surface area contributed by atoms with Gasteiger partial charge >= 0.3 is 0 Å². The monoisotopic (exact) mass is 164 g/mol. The van der Waals surface area contributed by atoms with Crippen molar-refractivity contribution in [2.45, 2.75) is 13.2 Å². The number of ether oxygens (including phenoxy) is 4. The molecule has 0 atom stereocenters. The Morgan fingerprint density at radius 2 is 1.55 bits per heavy atom. The van der Waals surface area contributed by atoms with E-state index in [2.05, 4.69) is 9.47 Å². The average molecular weight is 164 g/mol. The summed E-state index contributed by atoms with van der Waals surface area (Å²) in [6.07, 6.45) is -0.0648. The maximum atomic E-state index is 4.72. The summed E-state index contributed by atoms with van der Waals surface area (Å²) in [5, 5.41) is 0. The highest BCUT2D eigenvalue weighted by molar-refractivity contribution is 4.28. The fraction of sp³-hybridized carbons (Fsp3) is 1.00. The molecule has 1 fully saturated rings. The lowest BCUT2D eigenvalue weighted by molar-refractivity contribution is -0.0877. The molecule has 0 bridgehead atoms. The van der Waals surface area contributed by atoms with Crippen LogP contribution in [0.15, 0.2) is 0 Å². The predicted octanol–water partition coefficient (Wildman–Crippen LogP) is 0.616. The summed E-state index contributed by atoms with van der Waals surface area (Å²) in [4.78, 5) is 0. The van der Waals surface area contributed by atoms with E-state index in [1.165, 1.54) is 0 Å². The average Bonchev–Trinajstić information content (AvgIpc) is 2.60. The van der Waals surface area contributed by atoms with Crippen molar-refractivity contribution in [1.29, 1.82) is 0 Å². The van der Waals surface area contributed by atoms with Crippen molar-refractivity contribution in [3.05, 3.63) is 0 Å². The number of methoxy groups -OCH3 is 2. The summed E-state index contributed by atoms with van der Waals surface area (Å²) in [6, 6.07) is 0. The highest BCUT2D eigenvalue weighted by Crippen LogP contribution is 1.85. The van der Waals surface area contributed by atoms with Crippen LogP contribution in [0.4, 0.5) is 0 Å². The third-order valence-electron chi connectivity index (χ3n) is 1.20. The fourth-order valence-electron chi connectivity index (χ4n) is 0.391. The molecule has 0 amide bonds. The number of hydrogen-bond donors (Lipinski definition) is 0. The molecule has 4 heteroatoms. The Bertz CT molecular complexity index is 61.2. The zero-order valence-electron chi connectivity index (χ0n) is 7.33. The molecule has 1 saturated heterocycles. The minimum atomic E-state index is -0.0648. The second-order valence-electron chi connectivity index (χ2n) is 1.97. The van der Waals surface area contributed by atoms with Crippen LogP contribution in [-0.4, -0.2) is 40.5 Å². The molecule has 0 saturated carbocycles. The quantitative estimate of drug-likeness (QED) is 0.560. The largest absolute Gasteiger partial charge is 0.356 e. The highest BCUT2D eigenvalue weighted by Gasteiger charge is 1.93. The molecule has 0 aromatic carbocycles. The van der Waals surface area contributed by atoms with Crippen LogP contribution in [0.1, 0.15) is 6.92 Å². The first-order valence-corrected chi connectivity index (χ1v) is 3.52. The third kappa shape index (κ3) is 7.74. The number of rotatable bonds is 2. The van der Waals surface area contributed by atoms with Gasteiger partial charge in [-0.2, -0.15) is 0 Å². The van der Waals surface area contributed by atoms with Crippen LogP contribution in [-0.2, 0) is 18.9 Å². The summed E-state index contributed by atoms with van der Waals surface area (Å²) in [5.74, 6) is 0. The van der Waals surface area contributed by atoms with Gasteiger partial charge in [0.2, 0.25) is 0 Å². The summed E-state index contributed by atoms with van der Waals surface area (Å²) in [6.45, 7) is 3.89. The summed E-state index contributed by atoms with van der Waals surface area (Å²) < 4.78 is 18.8. The molecule has 1 aliphatic heterocycles. The molecule has 0 aromatic heterocycles. The minimum Gasteiger partial charge on any atom is -0.356 e. The second kappa shape index (κ2) is 7.94. The van der Waals surface area contributed by atoms with Crippen LogP contribution in [0, 0.1) is 0 Å². The SMILES string of the molecule is C1COCO1.COC(C)OC. The predicted molar refractivity (Wildman–Crippen MR) is 40.3 cm³/mol. The lowest BCUT2D eigenvalue weighted by Crippen LogP contribution is -2.05. The van der Waals surface area contributed by atoms with E-state index >= 15 is 0 Å². The molecule has 0 N–H and O–H groups in total. The Morgan fingerprint density at radius 3 is 1.64 bits per heavy atom. The van der Waals surface area contributed by atoms with Gasteiger partial charge in [-0.05, 0) is 6.92 Å². The van der Waals surface area contributed by atoms with E-state index in [1.807, 2.05) is 6.92 Å². The van der Waals surface area contributed by atoms with Crippen molar-refractivity contribution in [3.8, 4) is 0 Å². The van der Waals surface area contributed by atoms with Crippen LogP contribution >= 0.6 is 0 Å². The fourth-order valence-corrected chi connectivity index (χ4v) is 0.391. The lowest BCUT2D eigenvalue weighted by Gasteiger charge is -2.03. The maximum absolute atomic E-state index is 4.72. The van der Waals surface area contributed by atoms with Gasteiger partial charge in [0.15, 0.2) is 6.29 Å². The summed E-state index contributed by atoms with van der Waals surface area (Å²) in [7, 11) is 3.21. The van der Waals surface area contributed by atoms with Crippen LogP contribution in [0.5, 0.6) is 0 Å². The third-order valence-corrected chi connectivity index (χ3v) is 1.20. The molecule has 11 heavy (non-hydrogen) atoms. The van der Waals surface area contributed by atoms with Crippen molar-refractivity contribution < 1.29 is 18.9 Å². The Morgan fingerprint density at radius 1 is 1.09 bits per heavy atom. The molecule has 1 heterocycles. The standard InChI is InChI=1S/C4H10O2.C3H6O2/c1-4(5-2)6-3;1-2-5-3-4-1/h4H,1-3H3;1-3H2. The van der Waals surface area contributed by atoms with Gasteiger partial charge in [0.25, 0.3) is 0 Å². The molecule has 4 nitrogen and oxygen atoms in total. The van der Waals surface area contributed by atoms with E-state index in [9.17, 15) is 0 Å². The van der Waals surface area contributed by atoms with Crippen molar-refractivity contribution >= 4 is 0 Å². The first-order chi connectivity index (χ1) is 5.31. The molecule has 0 aromatic rings. The molecule has 1 rings (SSSR count). The normalized spacial score (nSPS) is 16.4. The van der Waals surface area contributed by atoms with E-state index in [0.29, 0.717) is 6.79 Å². The number of hydrogen-bond acceptors (Lipinski definition) is 4. The molecule has 0 aliphatic carbocycles. The Labute approximate surface area is 67.4 Å². The van der Waals surface area contributed by atoms with Gasteiger partial charge in [0, 0.05) is 14.2 Å². The van der Waals surface area contributed by atoms with E-state index in [4.69, 9.17) is 9.47 Å². The van der Waals surface area contributed by atoms with Crippen LogP contribution in [0.3, 0.4) is 0 Å². The molecule has 0 unspecified atom stereocenters. The van der Waals surface area contributed by atoms with Crippen LogP contribution in [0.25, 0.3) is 0 Å². The lowest BCUT2D eigenvalue weighted by atomic mass is 10.8. The molecular weight excluding hydrogens is 148 g/mol. The molecule has 68 valence electrons. The topological polar surface area (TPSA) is 36.9 Å². The minimum absolute atomic E-state index is 0.0648. The molecule has 0 spiro atoms. The molecular formula is C7H16O4. The summed E-state index contributed by atoms with van der Waals surface area (Å²) in [5.41, 5.74) is 0. The van der Waals surface area contributed by atoms with Crippen molar-refractivity contribution in [1.82, 2.24) is 0 Å². The van der Waals surface area contributed by atoms with E-state index in [-0.39, 0.29) is 6.29 Å². The first-order valence-electron chi connectivity index (χ1n) is 3.52. The smallest absolute Gasteiger partial charge is 0.154 e. The van der Waals surface area contributed by atoms with Crippen molar-refractivity contribution in [2.24, 2.45) is 0 Å². The highest BCUT2D eigenvalue weighted by atomic mass is 16.7. The zero-order valence-corrected chi connectivity index (χ0v) is 7.33. The Balaban J connectivity index is 0.000000183. The zero-order chi connectivity index (χ0) is 8.53. The van der Waals surface area contributed by atoms with Gasteiger partial charge < -0.3 is 18.9 Å². The van der Waals surface area contributed by atoms with Gasteiger partial charge in [-0.15, -0.1) is 0 Å². The maximum Gasteiger partial charge on any atom is 0.154 e. The van der Waals surface area contributed by atoms with E-state index in [0.717, 1.165) is 13.2 Å². The van der Waals surface area contributed by atoms with Crippen molar-refractivity contribution in [2.75, 3.05) is 34.2 Å².